The molecular formula is C7H14N2O5S2. The average Bonchev–Trinajstić information content (AvgIpc) is 2.14. The van der Waals surface area contributed by atoms with Crippen LogP contribution in [0, 0.1) is 0 Å². The van der Waals surface area contributed by atoms with E-state index in [4.69, 9.17) is 5.21 Å². The van der Waals surface area contributed by atoms with E-state index in [2.05, 4.69) is 5.16 Å². The van der Waals surface area contributed by atoms with E-state index in [0.29, 0.717) is 18.6 Å². The maximum Gasteiger partial charge on any atom is 0.228 e. The number of piperidine rings is 1. The molecule has 1 aliphatic rings. The fourth-order valence-electron chi connectivity index (χ4n) is 1.47. The Morgan fingerprint density at radius 1 is 1.25 bits per heavy atom. The Balaban J connectivity index is 2.73. The van der Waals surface area contributed by atoms with Gasteiger partial charge in [-0.2, -0.15) is 0 Å². The van der Waals surface area contributed by atoms with Gasteiger partial charge in [-0.1, -0.05) is 5.16 Å². The summed E-state index contributed by atoms with van der Waals surface area (Å²) in [5, 5.41) is 10.6. The zero-order valence-corrected chi connectivity index (χ0v) is 10.5. The Morgan fingerprint density at radius 3 is 2.12 bits per heavy atom. The molecule has 0 aromatic heterocycles. The molecule has 0 aromatic rings. The predicted octanol–water partition coefficient (Wildman–Crippen LogP) is -0.756. The molecule has 16 heavy (non-hydrogen) atoms. The van der Waals surface area contributed by atoms with Gasteiger partial charge in [0, 0.05) is 32.2 Å². The van der Waals surface area contributed by atoms with Crippen molar-refractivity contribution >= 4 is 25.6 Å². The minimum atomic E-state index is -3.76. The number of rotatable bonds is 3. The lowest BCUT2D eigenvalue weighted by atomic mass is 10.1. The van der Waals surface area contributed by atoms with Crippen molar-refractivity contribution in [2.45, 2.75) is 12.8 Å². The molecule has 0 radical (unpaired) electrons. The summed E-state index contributed by atoms with van der Waals surface area (Å²) < 4.78 is 46.3. The van der Waals surface area contributed by atoms with Crippen molar-refractivity contribution in [1.82, 2.24) is 4.31 Å². The van der Waals surface area contributed by atoms with Gasteiger partial charge in [0.15, 0.2) is 14.9 Å². The molecule has 0 unspecified atom stereocenters. The maximum absolute atomic E-state index is 11.6. The minimum Gasteiger partial charge on any atom is -0.411 e. The molecule has 0 aliphatic carbocycles. The second kappa shape index (κ2) is 4.68. The summed E-state index contributed by atoms with van der Waals surface area (Å²) in [7, 11) is -7.32. The molecule has 0 saturated carbocycles. The molecule has 0 bridgehead atoms. The summed E-state index contributed by atoms with van der Waals surface area (Å²) in [5.41, 5.74) is 0.533. The third-order valence-electron chi connectivity index (χ3n) is 2.20. The van der Waals surface area contributed by atoms with E-state index in [1.165, 1.54) is 0 Å². The van der Waals surface area contributed by atoms with Gasteiger partial charge in [-0.25, -0.2) is 21.1 Å². The number of hydrogen-bond acceptors (Lipinski definition) is 6. The van der Waals surface area contributed by atoms with Crippen LogP contribution in [0.3, 0.4) is 0 Å². The highest BCUT2D eigenvalue weighted by molar-refractivity contribution is 8.06. The highest BCUT2D eigenvalue weighted by Gasteiger charge is 2.29. The maximum atomic E-state index is 11.6. The minimum absolute atomic E-state index is 0.164. The molecule has 9 heteroatoms. The number of oxime groups is 1. The quantitative estimate of drug-likeness (QED) is 0.536. The number of sulfonamides is 1. The Bertz CT molecular complexity index is 469. The molecule has 1 heterocycles. The summed E-state index contributed by atoms with van der Waals surface area (Å²) in [6, 6.07) is 0. The van der Waals surface area contributed by atoms with E-state index >= 15 is 0 Å². The van der Waals surface area contributed by atoms with Gasteiger partial charge >= 0.3 is 0 Å². The van der Waals surface area contributed by atoms with E-state index in [1.54, 1.807) is 0 Å². The lowest BCUT2D eigenvalue weighted by Crippen LogP contribution is -2.41. The largest absolute Gasteiger partial charge is 0.411 e. The first-order valence-electron chi connectivity index (χ1n) is 4.60. The second-order valence-corrected chi connectivity index (χ2v) is 8.20. The van der Waals surface area contributed by atoms with Gasteiger partial charge in [-0.15, -0.1) is 0 Å². The normalized spacial score (nSPS) is 19.7. The van der Waals surface area contributed by atoms with Crippen molar-refractivity contribution in [2.24, 2.45) is 5.16 Å². The van der Waals surface area contributed by atoms with Crippen LogP contribution in [0.2, 0.25) is 0 Å². The highest BCUT2D eigenvalue weighted by atomic mass is 32.3. The average molecular weight is 270 g/mol. The van der Waals surface area contributed by atoms with Crippen LogP contribution in [0.4, 0.5) is 0 Å². The van der Waals surface area contributed by atoms with Gasteiger partial charge in [-0.3, -0.25) is 0 Å². The molecule has 0 amide bonds. The zero-order chi connectivity index (χ0) is 12.4. The van der Waals surface area contributed by atoms with Crippen LogP contribution in [-0.4, -0.2) is 56.5 Å². The molecule has 1 saturated heterocycles. The molecule has 94 valence electrons. The van der Waals surface area contributed by atoms with Crippen molar-refractivity contribution in [3.63, 3.8) is 0 Å². The zero-order valence-electron chi connectivity index (χ0n) is 8.83. The molecule has 1 aliphatic heterocycles. The molecule has 1 fully saturated rings. The smallest absolute Gasteiger partial charge is 0.228 e. The summed E-state index contributed by atoms with van der Waals surface area (Å²) in [6.45, 7) is 0.328. The Hall–Kier alpha value is -0.670. The highest BCUT2D eigenvalue weighted by Crippen LogP contribution is 2.13. The van der Waals surface area contributed by atoms with Crippen LogP contribution >= 0.6 is 0 Å². The summed E-state index contributed by atoms with van der Waals surface area (Å²) in [6.07, 6.45) is 1.55. The molecule has 1 N–H and O–H groups in total. The molecule has 7 nitrogen and oxygen atoms in total. The van der Waals surface area contributed by atoms with E-state index in [9.17, 15) is 16.8 Å². The summed E-state index contributed by atoms with van der Waals surface area (Å²) >= 11 is 0. The topological polar surface area (TPSA) is 104 Å². The van der Waals surface area contributed by atoms with Crippen molar-refractivity contribution in [3.8, 4) is 0 Å². The van der Waals surface area contributed by atoms with Crippen LogP contribution in [-0.2, 0) is 19.9 Å². The monoisotopic (exact) mass is 270 g/mol. The summed E-state index contributed by atoms with van der Waals surface area (Å²) in [5.74, 6) is 0. The lowest BCUT2D eigenvalue weighted by molar-refractivity contribution is 0.310. The Morgan fingerprint density at radius 2 is 1.75 bits per heavy atom. The van der Waals surface area contributed by atoms with Crippen LogP contribution in [0.1, 0.15) is 12.8 Å². The third kappa shape index (κ3) is 3.72. The standard InChI is InChI=1S/C7H14N2O5S2/c1-15(11,12)6-16(13,14)9-4-2-7(8-10)3-5-9/h10H,2-6H2,1H3. The summed E-state index contributed by atoms with van der Waals surface area (Å²) in [4.78, 5) is 0. The first-order valence-corrected chi connectivity index (χ1v) is 8.27. The second-order valence-electron chi connectivity index (χ2n) is 3.72. The van der Waals surface area contributed by atoms with Crippen molar-refractivity contribution < 1.29 is 22.0 Å². The lowest BCUT2D eigenvalue weighted by Gasteiger charge is -2.25. The van der Waals surface area contributed by atoms with E-state index in [1.807, 2.05) is 0 Å². The molecule has 0 atom stereocenters. The third-order valence-corrected chi connectivity index (χ3v) is 6.25. The van der Waals surface area contributed by atoms with Gasteiger partial charge in [0.2, 0.25) is 10.0 Å². The Labute approximate surface area is 94.7 Å². The number of nitrogens with zero attached hydrogens (tertiary/aromatic N) is 2. The van der Waals surface area contributed by atoms with Gasteiger partial charge in [0.05, 0.1) is 5.71 Å². The first kappa shape index (κ1) is 13.4. The number of hydrogen-bond donors (Lipinski definition) is 1. The fourth-order valence-corrected chi connectivity index (χ4v) is 4.97. The van der Waals surface area contributed by atoms with Gasteiger partial charge in [-0.05, 0) is 0 Å². The van der Waals surface area contributed by atoms with Crippen LogP contribution < -0.4 is 0 Å². The van der Waals surface area contributed by atoms with Crippen molar-refractivity contribution in [1.29, 1.82) is 0 Å². The van der Waals surface area contributed by atoms with Crippen molar-refractivity contribution in [2.75, 3.05) is 24.4 Å². The van der Waals surface area contributed by atoms with Gasteiger partial charge in [0.25, 0.3) is 0 Å². The number of sulfone groups is 1. The SMILES string of the molecule is CS(=O)(=O)CS(=O)(=O)N1CCC(=NO)CC1. The van der Waals surface area contributed by atoms with E-state index in [-0.39, 0.29) is 13.1 Å². The van der Waals surface area contributed by atoms with Crippen LogP contribution in [0.25, 0.3) is 0 Å². The first-order chi connectivity index (χ1) is 7.24. The molecule has 0 aromatic carbocycles. The van der Waals surface area contributed by atoms with Gasteiger partial charge in [0.1, 0.15) is 0 Å². The Kier molecular flexibility index (Phi) is 3.92. The van der Waals surface area contributed by atoms with Gasteiger partial charge < -0.3 is 5.21 Å². The predicted molar refractivity (Wildman–Crippen MR) is 58.7 cm³/mol. The fraction of sp³-hybridized carbons (Fsp3) is 0.857. The van der Waals surface area contributed by atoms with E-state index < -0.39 is 24.9 Å². The van der Waals surface area contributed by atoms with E-state index in [0.717, 1.165) is 10.6 Å². The van der Waals surface area contributed by atoms with Crippen molar-refractivity contribution in [3.05, 3.63) is 0 Å². The van der Waals surface area contributed by atoms with Crippen LogP contribution in [0.15, 0.2) is 5.16 Å². The van der Waals surface area contributed by atoms with Crippen LogP contribution in [0.5, 0.6) is 0 Å². The molecular weight excluding hydrogens is 256 g/mol. The molecule has 0 spiro atoms. The molecule has 1 rings (SSSR count).